The summed E-state index contributed by atoms with van der Waals surface area (Å²) in [6.45, 7) is 0. The lowest BCUT2D eigenvalue weighted by atomic mass is 10.1. The molecule has 0 amide bonds. The second kappa shape index (κ2) is 6.91. The summed E-state index contributed by atoms with van der Waals surface area (Å²) in [5, 5.41) is 7.95. The minimum atomic E-state index is -4.40. The second-order valence-electron chi connectivity index (χ2n) is 5.31. The van der Waals surface area contributed by atoms with Gasteiger partial charge in [0.1, 0.15) is 5.69 Å². The van der Waals surface area contributed by atoms with E-state index in [2.05, 4.69) is 26.2 Å². The normalized spacial score (nSPS) is 11.4. The summed E-state index contributed by atoms with van der Waals surface area (Å²) in [7, 11) is 1.28. The maximum absolute atomic E-state index is 12.6. The fourth-order valence-electron chi connectivity index (χ4n) is 2.30. The molecule has 1 aromatic heterocycles. The first kappa shape index (κ1) is 18.1. The Morgan fingerprint density at radius 3 is 2.46 bits per heavy atom. The summed E-state index contributed by atoms with van der Waals surface area (Å²) >= 11 is 3.32. The molecule has 3 rings (SSSR count). The summed E-state index contributed by atoms with van der Waals surface area (Å²) in [6.07, 6.45) is -2.84. The standard InChI is InChI=1S/C17H11BrF3N3O2/c1-26-16(25)11-6-10(7-13(18)8-11)15-9-24(23-22-15)14-4-2-12(3-5-14)17(19,20)21/h2-9H,1H3. The number of hydrogen-bond donors (Lipinski definition) is 0. The van der Waals surface area contributed by atoms with Crippen LogP contribution in [0.5, 0.6) is 0 Å². The number of ether oxygens (including phenoxy) is 1. The lowest BCUT2D eigenvalue weighted by Gasteiger charge is -2.07. The molecule has 0 spiro atoms. The van der Waals surface area contributed by atoms with Crippen LogP contribution in [0.15, 0.2) is 53.1 Å². The molecular weight excluding hydrogens is 415 g/mol. The van der Waals surface area contributed by atoms with Crippen LogP contribution in [0.25, 0.3) is 16.9 Å². The van der Waals surface area contributed by atoms with Crippen LogP contribution >= 0.6 is 15.9 Å². The summed E-state index contributed by atoms with van der Waals surface area (Å²) in [6, 6.07) is 9.52. The van der Waals surface area contributed by atoms with Crippen molar-refractivity contribution >= 4 is 21.9 Å². The molecule has 0 aliphatic rings. The first-order valence-corrected chi connectivity index (χ1v) is 8.06. The highest BCUT2D eigenvalue weighted by molar-refractivity contribution is 9.10. The van der Waals surface area contributed by atoms with Crippen molar-refractivity contribution in [1.29, 1.82) is 0 Å². The fourth-order valence-corrected chi connectivity index (χ4v) is 2.79. The zero-order chi connectivity index (χ0) is 18.9. The van der Waals surface area contributed by atoms with Crippen LogP contribution in [0.1, 0.15) is 15.9 Å². The quantitative estimate of drug-likeness (QED) is 0.579. The summed E-state index contributed by atoms with van der Waals surface area (Å²) in [5.74, 6) is -0.498. The van der Waals surface area contributed by atoms with Crippen LogP contribution < -0.4 is 0 Å². The molecule has 0 aliphatic heterocycles. The first-order valence-electron chi connectivity index (χ1n) is 7.27. The fraction of sp³-hybridized carbons (Fsp3) is 0.118. The van der Waals surface area contributed by atoms with E-state index in [-0.39, 0.29) is 0 Å². The zero-order valence-corrected chi connectivity index (χ0v) is 14.9. The minimum absolute atomic E-state index is 0.334. The van der Waals surface area contributed by atoms with E-state index in [4.69, 9.17) is 4.74 Å². The number of benzene rings is 2. The Bertz CT molecular complexity index is 953. The lowest BCUT2D eigenvalue weighted by Crippen LogP contribution is -2.05. The van der Waals surface area contributed by atoms with Gasteiger partial charge in [0.15, 0.2) is 0 Å². The van der Waals surface area contributed by atoms with Crippen LogP contribution in [0.3, 0.4) is 0 Å². The van der Waals surface area contributed by atoms with Gasteiger partial charge in [-0.25, -0.2) is 9.48 Å². The van der Waals surface area contributed by atoms with Crippen molar-refractivity contribution in [3.63, 3.8) is 0 Å². The van der Waals surface area contributed by atoms with E-state index in [1.165, 1.54) is 23.9 Å². The number of alkyl halides is 3. The number of nitrogens with zero attached hydrogens (tertiary/aromatic N) is 3. The largest absolute Gasteiger partial charge is 0.465 e. The van der Waals surface area contributed by atoms with Gasteiger partial charge in [-0.1, -0.05) is 21.1 Å². The number of hydrogen-bond acceptors (Lipinski definition) is 4. The number of rotatable bonds is 3. The van der Waals surface area contributed by atoms with E-state index in [0.29, 0.717) is 27.0 Å². The molecule has 0 N–H and O–H groups in total. The maximum atomic E-state index is 12.6. The Morgan fingerprint density at radius 1 is 1.15 bits per heavy atom. The third-order valence-corrected chi connectivity index (χ3v) is 4.03. The third-order valence-electron chi connectivity index (χ3n) is 3.57. The number of carbonyl (C=O) groups excluding carboxylic acids is 1. The highest BCUT2D eigenvalue weighted by Gasteiger charge is 2.30. The second-order valence-corrected chi connectivity index (χ2v) is 6.23. The molecule has 2 aromatic carbocycles. The molecule has 0 unspecified atom stereocenters. The SMILES string of the molecule is COC(=O)c1cc(Br)cc(-c2cn(-c3ccc(C(F)(F)F)cc3)nn2)c1. The van der Waals surface area contributed by atoms with Crippen molar-refractivity contribution in [3.8, 4) is 16.9 Å². The molecule has 0 aliphatic carbocycles. The third kappa shape index (κ3) is 3.77. The Balaban J connectivity index is 1.93. The topological polar surface area (TPSA) is 57.0 Å². The molecule has 0 bridgehead atoms. The van der Waals surface area contributed by atoms with E-state index in [1.807, 2.05) is 0 Å². The molecule has 0 atom stereocenters. The van der Waals surface area contributed by atoms with Crippen LogP contribution in [0.4, 0.5) is 13.2 Å². The zero-order valence-electron chi connectivity index (χ0n) is 13.3. The van der Waals surface area contributed by atoms with Gasteiger partial charge in [-0.2, -0.15) is 13.2 Å². The number of methoxy groups -OCH3 is 1. The summed E-state index contributed by atoms with van der Waals surface area (Å²) in [5.41, 5.74) is 1.09. The predicted octanol–water partition coefficient (Wildman–Crippen LogP) is 4.50. The number of carbonyl (C=O) groups is 1. The molecule has 0 radical (unpaired) electrons. The molecule has 26 heavy (non-hydrogen) atoms. The van der Waals surface area contributed by atoms with Crippen molar-refractivity contribution < 1.29 is 22.7 Å². The van der Waals surface area contributed by atoms with Gasteiger partial charge in [0, 0.05) is 10.0 Å². The van der Waals surface area contributed by atoms with Crippen LogP contribution in [0, 0.1) is 0 Å². The van der Waals surface area contributed by atoms with E-state index in [9.17, 15) is 18.0 Å². The monoisotopic (exact) mass is 425 g/mol. The Kier molecular flexibility index (Phi) is 4.82. The Hall–Kier alpha value is -2.68. The Labute approximate surface area is 154 Å². The average molecular weight is 426 g/mol. The molecule has 0 saturated carbocycles. The molecule has 1 heterocycles. The number of halogens is 4. The molecular formula is C17H11BrF3N3O2. The lowest BCUT2D eigenvalue weighted by molar-refractivity contribution is -0.137. The minimum Gasteiger partial charge on any atom is -0.465 e. The van der Waals surface area contributed by atoms with E-state index < -0.39 is 17.7 Å². The van der Waals surface area contributed by atoms with E-state index in [1.54, 1.807) is 24.4 Å². The van der Waals surface area contributed by atoms with Gasteiger partial charge in [0.05, 0.1) is 30.1 Å². The van der Waals surface area contributed by atoms with Crippen molar-refractivity contribution in [1.82, 2.24) is 15.0 Å². The van der Waals surface area contributed by atoms with E-state index in [0.717, 1.165) is 12.1 Å². The van der Waals surface area contributed by atoms with Crippen LogP contribution in [-0.4, -0.2) is 28.1 Å². The first-order chi connectivity index (χ1) is 12.3. The highest BCUT2D eigenvalue weighted by atomic mass is 79.9. The molecule has 0 fully saturated rings. The Morgan fingerprint density at radius 2 is 1.85 bits per heavy atom. The van der Waals surface area contributed by atoms with Crippen LogP contribution in [-0.2, 0) is 10.9 Å². The van der Waals surface area contributed by atoms with Crippen molar-refractivity contribution in [3.05, 3.63) is 64.3 Å². The van der Waals surface area contributed by atoms with Crippen LogP contribution in [0.2, 0.25) is 0 Å². The van der Waals surface area contributed by atoms with Gasteiger partial charge >= 0.3 is 12.1 Å². The maximum Gasteiger partial charge on any atom is 0.416 e. The highest BCUT2D eigenvalue weighted by Crippen LogP contribution is 2.30. The smallest absolute Gasteiger partial charge is 0.416 e. The predicted molar refractivity (Wildman–Crippen MR) is 90.8 cm³/mol. The number of esters is 1. The molecule has 3 aromatic rings. The summed E-state index contributed by atoms with van der Waals surface area (Å²) in [4.78, 5) is 11.7. The van der Waals surface area contributed by atoms with Gasteiger partial charge in [-0.15, -0.1) is 5.10 Å². The molecule has 0 saturated heterocycles. The molecule has 9 heteroatoms. The average Bonchev–Trinajstić information content (AvgIpc) is 3.10. The van der Waals surface area contributed by atoms with Gasteiger partial charge < -0.3 is 4.74 Å². The van der Waals surface area contributed by atoms with Crippen molar-refractivity contribution in [2.45, 2.75) is 6.18 Å². The molecule has 5 nitrogen and oxygen atoms in total. The van der Waals surface area contributed by atoms with Gasteiger partial charge in [0.2, 0.25) is 0 Å². The number of aromatic nitrogens is 3. The van der Waals surface area contributed by atoms with Crippen molar-refractivity contribution in [2.24, 2.45) is 0 Å². The summed E-state index contributed by atoms with van der Waals surface area (Å²) < 4.78 is 44.6. The van der Waals surface area contributed by atoms with Gasteiger partial charge in [0.25, 0.3) is 0 Å². The van der Waals surface area contributed by atoms with Gasteiger partial charge in [-0.05, 0) is 42.5 Å². The van der Waals surface area contributed by atoms with E-state index >= 15 is 0 Å². The van der Waals surface area contributed by atoms with Crippen molar-refractivity contribution in [2.75, 3.05) is 7.11 Å². The molecule has 134 valence electrons. The van der Waals surface area contributed by atoms with Gasteiger partial charge in [-0.3, -0.25) is 0 Å².